The zero-order valence-electron chi connectivity index (χ0n) is 14.6. The summed E-state index contributed by atoms with van der Waals surface area (Å²) < 4.78 is 5.73. The third-order valence-electron chi connectivity index (χ3n) is 5.20. The Morgan fingerprint density at radius 1 is 1.24 bits per heavy atom. The lowest BCUT2D eigenvalue weighted by Crippen LogP contribution is -2.33. The molecular formula is C20H23N3O2. The second-order valence-corrected chi connectivity index (χ2v) is 6.97. The summed E-state index contributed by atoms with van der Waals surface area (Å²) in [5, 5.41) is 1.12. The minimum Gasteiger partial charge on any atom is -0.466 e. The number of amides is 1. The number of H-pyrrole nitrogens is 1. The number of furan rings is 1. The molecule has 2 aromatic heterocycles. The maximum Gasteiger partial charge on any atom is 0.227 e. The molecule has 5 heteroatoms. The summed E-state index contributed by atoms with van der Waals surface area (Å²) in [6, 6.07) is 11.9. The molecule has 5 nitrogen and oxygen atoms in total. The fourth-order valence-electron chi connectivity index (χ4n) is 3.81. The number of nitrogens with two attached hydrogens (primary N) is 1. The van der Waals surface area contributed by atoms with Crippen LogP contribution in [0.4, 0.5) is 0 Å². The number of carbonyl (C=O) groups is 1. The van der Waals surface area contributed by atoms with Gasteiger partial charge in [0.05, 0.1) is 12.3 Å². The smallest absolute Gasteiger partial charge is 0.227 e. The average molecular weight is 337 g/mol. The highest BCUT2D eigenvalue weighted by atomic mass is 16.3. The first-order chi connectivity index (χ1) is 12.0. The third kappa shape index (κ3) is 2.85. The van der Waals surface area contributed by atoms with Crippen molar-refractivity contribution in [3.8, 4) is 0 Å². The summed E-state index contributed by atoms with van der Waals surface area (Å²) in [5.41, 5.74) is 9.48. The first kappa shape index (κ1) is 16.0. The van der Waals surface area contributed by atoms with Gasteiger partial charge in [0.15, 0.2) is 0 Å². The van der Waals surface area contributed by atoms with Gasteiger partial charge in [0.25, 0.3) is 0 Å². The molecule has 2 atom stereocenters. The Hall–Kier alpha value is -2.53. The van der Waals surface area contributed by atoms with Crippen LogP contribution < -0.4 is 5.73 Å². The Morgan fingerprint density at radius 2 is 2.04 bits per heavy atom. The van der Waals surface area contributed by atoms with E-state index in [0.717, 1.165) is 33.7 Å². The molecule has 1 aromatic carbocycles. The summed E-state index contributed by atoms with van der Waals surface area (Å²) in [6.45, 7) is 5.14. The van der Waals surface area contributed by atoms with Gasteiger partial charge in [-0.25, -0.2) is 0 Å². The second-order valence-electron chi connectivity index (χ2n) is 6.97. The van der Waals surface area contributed by atoms with Gasteiger partial charge in [-0.05, 0) is 37.6 Å². The Kier molecular flexibility index (Phi) is 3.88. The van der Waals surface area contributed by atoms with Crippen LogP contribution in [0.15, 0.2) is 40.8 Å². The number of aromatic nitrogens is 1. The van der Waals surface area contributed by atoms with Crippen molar-refractivity contribution in [3.05, 3.63) is 59.2 Å². The molecule has 0 unspecified atom stereocenters. The summed E-state index contributed by atoms with van der Waals surface area (Å²) in [4.78, 5) is 18.1. The number of nitrogens with one attached hydrogen (secondary N) is 1. The van der Waals surface area contributed by atoms with Crippen molar-refractivity contribution in [1.82, 2.24) is 9.88 Å². The lowest BCUT2D eigenvalue weighted by Gasteiger charge is -2.16. The first-order valence-electron chi connectivity index (χ1n) is 8.69. The molecular weight excluding hydrogens is 314 g/mol. The van der Waals surface area contributed by atoms with Crippen LogP contribution in [-0.4, -0.2) is 34.9 Å². The van der Waals surface area contributed by atoms with E-state index in [1.54, 1.807) is 0 Å². The number of para-hydroxylation sites is 1. The zero-order valence-corrected chi connectivity index (χ0v) is 14.6. The molecule has 0 radical (unpaired) electrons. The predicted octanol–water partition coefficient (Wildman–Crippen LogP) is 2.87. The van der Waals surface area contributed by atoms with Crippen molar-refractivity contribution in [2.45, 2.75) is 32.2 Å². The van der Waals surface area contributed by atoms with E-state index >= 15 is 0 Å². The van der Waals surface area contributed by atoms with Crippen LogP contribution in [0.1, 0.15) is 28.7 Å². The quantitative estimate of drug-likeness (QED) is 0.772. The van der Waals surface area contributed by atoms with Crippen molar-refractivity contribution in [2.24, 2.45) is 5.73 Å². The van der Waals surface area contributed by atoms with E-state index in [2.05, 4.69) is 11.1 Å². The normalized spacial score (nSPS) is 20.5. The SMILES string of the molecule is Cc1ccc([C@H]2CN(C(=O)Cc3c(C)[nH]c4ccccc34)C[C@@H]2N)o1. The standard InChI is InChI=1S/C20H23N3O2/c1-12-7-8-19(25-12)16-10-23(11-17(16)21)20(24)9-15-13(2)22-18-6-4-3-5-14(15)18/h3-8,16-17,22H,9-11,21H2,1-2H3/t16-,17-/m0/s1. The largest absolute Gasteiger partial charge is 0.466 e. The van der Waals surface area contributed by atoms with E-state index in [1.165, 1.54) is 0 Å². The number of likely N-dealkylation sites (tertiary alicyclic amines) is 1. The van der Waals surface area contributed by atoms with Crippen LogP contribution in [0.25, 0.3) is 10.9 Å². The predicted molar refractivity (Wildman–Crippen MR) is 97.5 cm³/mol. The Balaban J connectivity index is 1.52. The monoisotopic (exact) mass is 337 g/mol. The van der Waals surface area contributed by atoms with E-state index in [9.17, 15) is 4.79 Å². The average Bonchev–Trinajstić information content (AvgIpc) is 3.26. The highest BCUT2D eigenvalue weighted by molar-refractivity contribution is 5.90. The van der Waals surface area contributed by atoms with Crippen LogP contribution >= 0.6 is 0 Å². The van der Waals surface area contributed by atoms with Crippen LogP contribution in [0.2, 0.25) is 0 Å². The van der Waals surface area contributed by atoms with Crippen LogP contribution in [-0.2, 0) is 11.2 Å². The Bertz CT molecular complexity index is 924. The van der Waals surface area contributed by atoms with Crippen molar-refractivity contribution in [1.29, 1.82) is 0 Å². The van der Waals surface area contributed by atoms with Gasteiger partial charge < -0.3 is 20.0 Å². The summed E-state index contributed by atoms with van der Waals surface area (Å²) in [7, 11) is 0. The number of carbonyl (C=O) groups excluding carboxylic acids is 1. The number of rotatable bonds is 3. The van der Waals surface area contributed by atoms with Gasteiger partial charge in [-0.15, -0.1) is 0 Å². The molecule has 0 spiro atoms. The van der Waals surface area contributed by atoms with E-state index in [-0.39, 0.29) is 17.9 Å². The maximum absolute atomic E-state index is 12.9. The molecule has 1 saturated heterocycles. The first-order valence-corrected chi connectivity index (χ1v) is 8.69. The molecule has 130 valence electrons. The molecule has 0 aliphatic carbocycles. The fourth-order valence-corrected chi connectivity index (χ4v) is 3.81. The third-order valence-corrected chi connectivity index (χ3v) is 5.20. The topological polar surface area (TPSA) is 75.3 Å². The van der Waals surface area contributed by atoms with Crippen molar-refractivity contribution in [2.75, 3.05) is 13.1 Å². The van der Waals surface area contributed by atoms with E-state index in [1.807, 2.05) is 49.1 Å². The maximum atomic E-state index is 12.9. The highest BCUT2D eigenvalue weighted by Gasteiger charge is 2.35. The van der Waals surface area contributed by atoms with Gasteiger partial charge in [0.2, 0.25) is 5.91 Å². The molecule has 25 heavy (non-hydrogen) atoms. The molecule has 3 heterocycles. The van der Waals surface area contributed by atoms with Gasteiger partial charge >= 0.3 is 0 Å². The molecule has 1 fully saturated rings. The summed E-state index contributed by atoms with van der Waals surface area (Å²) >= 11 is 0. The molecule has 3 N–H and O–H groups in total. The van der Waals surface area contributed by atoms with Crippen LogP contribution in [0.5, 0.6) is 0 Å². The van der Waals surface area contributed by atoms with E-state index in [0.29, 0.717) is 19.5 Å². The van der Waals surface area contributed by atoms with E-state index < -0.39 is 0 Å². The molecule has 0 bridgehead atoms. The highest BCUT2D eigenvalue weighted by Crippen LogP contribution is 2.29. The van der Waals surface area contributed by atoms with Crippen molar-refractivity contribution < 1.29 is 9.21 Å². The van der Waals surface area contributed by atoms with E-state index in [4.69, 9.17) is 10.2 Å². The minimum absolute atomic E-state index is 0.0710. The van der Waals surface area contributed by atoms with Gasteiger partial charge in [-0.1, -0.05) is 18.2 Å². The Morgan fingerprint density at radius 3 is 2.80 bits per heavy atom. The van der Waals surface area contributed by atoms with Gasteiger partial charge in [-0.2, -0.15) is 0 Å². The zero-order chi connectivity index (χ0) is 17.6. The van der Waals surface area contributed by atoms with Gasteiger partial charge in [0, 0.05) is 35.7 Å². The number of aryl methyl sites for hydroxylation is 2. The van der Waals surface area contributed by atoms with Gasteiger partial charge in [0.1, 0.15) is 11.5 Å². The fraction of sp³-hybridized carbons (Fsp3) is 0.350. The molecule has 3 aromatic rings. The molecule has 0 saturated carbocycles. The summed E-state index contributed by atoms with van der Waals surface area (Å²) in [6.07, 6.45) is 0.395. The molecule has 4 rings (SSSR count). The van der Waals surface area contributed by atoms with Crippen molar-refractivity contribution in [3.63, 3.8) is 0 Å². The molecule has 1 aliphatic heterocycles. The summed E-state index contributed by atoms with van der Waals surface area (Å²) in [5.74, 6) is 1.95. The van der Waals surface area contributed by atoms with Gasteiger partial charge in [-0.3, -0.25) is 4.79 Å². The lowest BCUT2D eigenvalue weighted by atomic mass is 10.0. The number of aromatic amines is 1. The molecule has 1 amide bonds. The number of hydrogen-bond donors (Lipinski definition) is 2. The number of hydrogen-bond acceptors (Lipinski definition) is 3. The van der Waals surface area contributed by atoms with Crippen molar-refractivity contribution >= 4 is 16.8 Å². The minimum atomic E-state index is -0.0847. The molecule has 1 aliphatic rings. The lowest BCUT2D eigenvalue weighted by molar-refractivity contribution is -0.129. The number of benzene rings is 1. The van der Waals surface area contributed by atoms with Crippen LogP contribution in [0.3, 0.4) is 0 Å². The van der Waals surface area contributed by atoms with Crippen LogP contribution in [0, 0.1) is 13.8 Å². The number of fused-ring (bicyclic) bond motifs is 1. The number of nitrogens with zero attached hydrogens (tertiary/aromatic N) is 1. The Labute approximate surface area is 146 Å². The second kappa shape index (κ2) is 6.08.